The minimum absolute atomic E-state index is 0.0560. The molecule has 2 fully saturated rings. The van der Waals surface area contributed by atoms with Gasteiger partial charge in [-0.1, -0.05) is 0 Å². The minimum Gasteiger partial charge on any atom is -0.368 e. The molecule has 11 heteroatoms. The number of rotatable bonds is 7. The second-order valence-electron chi connectivity index (χ2n) is 12.6. The van der Waals surface area contributed by atoms with Gasteiger partial charge in [0.25, 0.3) is 0 Å². The molecule has 2 saturated heterocycles. The van der Waals surface area contributed by atoms with Crippen LogP contribution in [0, 0.1) is 18.7 Å². The van der Waals surface area contributed by atoms with Crippen molar-refractivity contribution in [2.75, 3.05) is 49.5 Å². The smallest absolute Gasteiger partial charge is 0.237 e. The van der Waals surface area contributed by atoms with Crippen LogP contribution < -0.4 is 10.2 Å². The molecule has 2 atom stereocenters. The zero-order valence-corrected chi connectivity index (χ0v) is 26.5. The summed E-state index contributed by atoms with van der Waals surface area (Å²) < 4.78 is 13.4. The first-order chi connectivity index (χ1) is 22.8. The summed E-state index contributed by atoms with van der Waals surface area (Å²) in [5.41, 5.74) is 6.12. The summed E-state index contributed by atoms with van der Waals surface area (Å²) in [6.45, 7) is 7.79. The van der Waals surface area contributed by atoms with Crippen molar-refractivity contribution >= 4 is 34.1 Å². The molecule has 0 bridgehead atoms. The number of hydrogen-bond acceptors (Lipinski definition) is 7. The molecule has 0 spiro atoms. The molecule has 0 aliphatic carbocycles. The number of piperazine rings is 1. The van der Waals surface area contributed by atoms with Gasteiger partial charge in [0.1, 0.15) is 5.82 Å². The van der Waals surface area contributed by atoms with E-state index in [0.29, 0.717) is 44.1 Å². The Morgan fingerprint density at radius 1 is 0.936 bits per heavy atom. The van der Waals surface area contributed by atoms with E-state index in [9.17, 15) is 14.0 Å². The molecule has 0 saturated carbocycles. The normalized spacial score (nSPS) is 18.5. The summed E-state index contributed by atoms with van der Waals surface area (Å²) in [7, 11) is 0. The molecule has 2 amide bonds. The quantitative estimate of drug-likeness (QED) is 0.256. The highest BCUT2D eigenvalue weighted by molar-refractivity contribution is 5.98. The van der Waals surface area contributed by atoms with Crippen LogP contribution in [-0.4, -0.2) is 87.1 Å². The number of amides is 2. The standard InChI is InChI=1S/C36H37FN8O2/c1-23-18-38-35(39-19-23)26-5-10-30(11-6-26)44-15-16-45(24(2)20-44)33(46)22-43-14-13-27(21-43)36(47)40-29-9-12-31-32(17-29)41-42-34(31)25-3-7-28(37)8-4-25/h3-12,17-19,24,27H,13-16,20-22H2,1-2H3,(H,40,47)(H,41,42)/t24-,27?/m1/s1. The summed E-state index contributed by atoms with van der Waals surface area (Å²) in [6, 6.07) is 20.2. The molecule has 1 unspecified atom stereocenters. The number of aromatic amines is 1. The summed E-state index contributed by atoms with van der Waals surface area (Å²) in [6.07, 6.45) is 4.35. The number of aryl methyl sites for hydroxylation is 1. The molecule has 2 N–H and O–H groups in total. The van der Waals surface area contributed by atoms with Crippen molar-refractivity contribution in [1.29, 1.82) is 0 Å². The van der Waals surface area contributed by atoms with Crippen molar-refractivity contribution in [3.05, 3.63) is 90.5 Å². The number of benzene rings is 3. The van der Waals surface area contributed by atoms with E-state index in [4.69, 9.17) is 0 Å². The Morgan fingerprint density at radius 2 is 1.68 bits per heavy atom. The maximum absolute atomic E-state index is 13.4. The molecule has 4 heterocycles. The second kappa shape index (κ2) is 12.9. The van der Waals surface area contributed by atoms with Crippen molar-refractivity contribution in [2.45, 2.75) is 26.3 Å². The summed E-state index contributed by atoms with van der Waals surface area (Å²) in [5, 5.41) is 11.3. The Bertz CT molecular complexity index is 1890. The van der Waals surface area contributed by atoms with E-state index in [1.54, 1.807) is 12.1 Å². The number of aromatic nitrogens is 4. The average Bonchev–Trinajstić information content (AvgIpc) is 3.73. The van der Waals surface area contributed by atoms with Crippen molar-refractivity contribution in [3.8, 4) is 22.6 Å². The molecule has 7 rings (SSSR count). The first kappa shape index (κ1) is 30.5. The fourth-order valence-electron chi connectivity index (χ4n) is 6.57. The molecule has 2 aliphatic rings. The molecule has 0 radical (unpaired) electrons. The molecule has 47 heavy (non-hydrogen) atoms. The van der Waals surface area contributed by atoms with Crippen molar-refractivity contribution in [3.63, 3.8) is 0 Å². The number of anilines is 2. The van der Waals surface area contributed by atoms with E-state index in [0.717, 1.165) is 52.1 Å². The van der Waals surface area contributed by atoms with Gasteiger partial charge in [0.15, 0.2) is 5.82 Å². The maximum atomic E-state index is 13.4. The molecular formula is C36H37FN8O2. The molecule has 10 nitrogen and oxygen atoms in total. The van der Waals surface area contributed by atoms with Gasteiger partial charge in [-0.15, -0.1) is 0 Å². The first-order valence-electron chi connectivity index (χ1n) is 16.0. The number of nitrogens with one attached hydrogen (secondary N) is 2. The number of carbonyl (C=O) groups excluding carboxylic acids is 2. The molecule has 2 aromatic heterocycles. The number of H-pyrrole nitrogens is 1. The van der Waals surface area contributed by atoms with Crippen LogP contribution in [-0.2, 0) is 9.59 Å². The zero-order valence-electron chi connectivity index (χ0n) is 26.5. The first-order valence-corrected chi connectivity index (χ1v) is 16.0. The van der Waals surface area contributed by atoms with Crippen molar-refractivity contribution < 1.29 is 14.0 Å². The second-order valence-corrected chi connectivity index (χ2v) is 12.6. The van der Waals surface area contributed by atoms with Crippen LogP contribution in [0.5, 0.6) is 0 Å². The average molecular weight is 633 g/mol. The number of hydrogen-bond donors (Lipinski definition) is 2. The molecule has 3 aromatic carbocycles. The summed E-state index contributed by atoms with van der Waals surface area (Å²) >= 11 is 0. The Kier molecular flexibility index (Phi) is 8.38. The monoisotopic (exact) mass is 632 g/mol. The van der Waals surface area contributed by atoms with Gasteiger partial charge in [0.05, 0.1) is 23.7 Å². The number of fused-ring (bicyclic) bond motifs is 1. The third-order valence-electron chi connectivity index (χ3n) is 9.17. The number of nitrogens with zero attached hydrogens (tertiary/aromatic N) is 6. The van der Waals surface area contributed by atoms with Crippen LogP contribution in [0.3, 0.4) is 0 Å². The Hall–Kier alpha value is -5.16. The van der Waals surface area contributed by atoms with Crippen molar-refractivity contribution in [2.24, 2.45) is 5.92 Å². The number of likely N-dealkylation sites (tertiary alicyclic amines) is 1. The highest BCUT2D eigenvalue weighted by atomic mass is 19.1. The van der Waals surface area contributed by atoms with Crippen LogP contribution in [0.2, 0.25) is 0 Å². The number of carbonyl (C=O) groups is 2. The molecule has 2 aliphatic heterocycles. The summed E-state index contributed by atoms with van der Waals surface area (Å²) in [4.78, 5) is 41.8. The topological polar surface area (TPSA) is 110 Å². The van der Waals surface area contributed by atoms with Gasteiger partial charge in [-0.3, -0.25) is 19.6 Å². The molecule has 240 valence electrons. The SMILES string of the molecule is Cc1cnc(-c2ccc(N3CCN(C(=O)CN4CCC(C(=O)Nc5ccc6c(-c7ccc(F)cc7)n[nH]c6c5)C4)[C@H](C)C3)cc2)nc1. The van der Waals surface area contributed by atoms with E-state index >= 15 is 0 Å². The summed E-state index contributed by atoms with van der Waals surface area (Å²) in [5.74, 6) is 0.264. The van der Waals surface area contributed by atoms with Gasteiger partial charge in [0.2, 0.25) is 11.8 Å². The van der Waals surface area contributed by atoms with Crippen LogP contribution >= 0.6 is 0 Å². The highest BCUT2D eigenvalue weighted by Gasteiger charge is 2.33. The zero-order chi connectivity index (χ0) is 32.5. The van der Waals surface area contributed by atoms with Crippen LogP contribution in [0.1, 0.15) is 18.9 Å². The Labute approximate surface area is 272 Å². The van der Waals surface area contributed by atoms with Crippen LogP contribution in [0.15, 0.2) is 79.1 Å². The lowest BCUT2D eigenvalue weighted by Crippen LogP contribution is -2.56. The Balaban J connectivity index is 0.900. The predicted molar refractivity (Wildman–Crippen MR) is 180 cm³/mol. The van der Waals surface area contributed by atoms with Crippen LogP contribution in [0.4, 0.5) is 15.8 Å². The third kappa shape index (κ3) is 6.57. The van der Waals surface area contributed by atoms with Gasteiger partial charge in [-0.25, -0.2) is 14.4 Å². The van der Waals surface area contributed by atoms with E-state index in [1.165, 1.54) is 12.1 Å². The predicted octanol–water partition coefficient (Wildman–Crippen LogP) is 5.13. The van der Waals surface area contributed by atoms with Crippen molar-refractivity contribution in [1.82, 2.24) is 30.0 Å². The minimum atomic E-state index is -0.297. The van der Waals surface area contributed by atoms with Gasteiger partial charge in [-0.2, -0.15) is 5.10 Å². The van der Waals surface area contributed by atoms with Crippen LogP contribution in [0.25, 0.3) is 33.5 Å². The fourth-order valence-corrected chi connectivity index (χ4v) is 6.57. The number of halogens is 1. The van der Waals surface area contributed by atoms with Gasteiger partial charge >= 0.3 is 0 Å². The van der Waals surface area contributed by atoms with Gasteiger partial charge in [-0.05, 0) is 99.1 Å². The molecule has 5 aromatic rings. The maximum Gasteiger partial charge on any atom is 0.237 e. The lowest BCUT2D eigenvalue weighted by Gasteiger charge is -2.41. The Morgan fingerprint density at radius 3 is 2.43 bits per heavy atom. The highest BCUT2D eigenvalue weighted by Crippen LogP contribution is 2.29. The largest absolute Gasteiger partial charge is 0.368 e. The van der Waals surface area contributed by atoms with Gasteiger partial charge < -0.3 is 15.1 Å². The van der Waals surface area contributed by atoms with E-state index in [-0.39, 0.29) is 29.6 Å². The fraction of sp³-hybridized carbons (Fsp3) is 0.306. The van der Waals surface area contributed by atoms with E-state index < -0.39 is 0 Å². The van der Waals surface area contributed by atoms with Gasteiger partial charge in [0, 0.05) is 72.5 Å². The van der Waals surface area contributed by atoms with E-state index in [2.05, 4.69) is 54.3 Å². The van der Waals surface area contributed by atoms with E-state index in [1.807, 2.05) is 54.5 Å². The molecular weight excluding hydrogens is 595 g/mol. The lowest BCUT2D eigenvalue weighted by atomic mass is 10.1. The third-order valence-corrected chi connectivity index (χ3v) is 9.17. The lowest BCUT2D eigenvalue weighted by molar-refractivity contribution is -0.134.